The predicted molar refractivity (Wildman–Crippen MR) is 309 cm³/mol. The molecule has 0 spiro atoms. The van der Waals surface area contributed by atoms with Crippen molar-refractivity contribution in [1.82, 2.24) is 47.4 Å². The van der Waals surface area contributed by atoms with Gasteiger partial charge < -0.3 is 4.57 Å². The number of para-hydroxylation sites is 8. The van der Waals surface area contributed by atoms with Gasteiger partial charge in [0.05, 0.1) is 55.2 Å². The molecule has 0 unspecified atom stereocenters. The molecule has 0 N–H and O–H groups in total. The van der Waals surface area contributed by atoms with Crippen LogP contribution in [0.5, 0.6) is 0 Å². The molecule has 0 saturated carbocycles. The summed E-state index contributed by atoms with van der Waals surface area (Å²) < 4.78 is 11.0. The largest absolute Gasteiger partial charge is 0.309 e. The Hall–Kier alpha value is -10.2. The maximum atomic E-state index is 5.55. The standard InChI is InChI=1S/C65H42N10Si/c1-4-23-45(24-5-1)76(46-25-6-2-7-26-46,47-27-8-3-9-28-47)48-39-40-59-60(42-48)73-56-36-17-13-32-52(56)67-65(73)75(59)63-69-61(43-21-20-22-44(41-43)71-53-33-14-10-29-49(53)50-30-11-15-34-54(50)71)68-62(70-63)74-58-38-19-18-37-57(58)72-55-35-16-12-31-51(55)66-64(72)74/h1-42H. The van der Waals surface area contributed by atoms with Gasteiger partial charge in [-0.15, -0.1) is 0 Å². The molecule has 10 nitrogen and oxygen atoms in total. The molecule has 76 heavy (non-hydrogen) atoms. The summed E-state index contributed by atoms with van der Waals surface area (Å²) in [4.78, 5) is 27.3. The van der Waals surface area contributed by atoms with Gasteiger partial charge in [0.15, 0.2) is 13.9 Å². The van der Waals surface area contributed by atoms with E-state index >= 15 is 0 Å². The van der Waals surface area contributed by atoms with Crippen molar-refractivity contribution in [3.8, 4) is 29.0 Å². The minimum Gasteiger partial charge on any atom is -0.309 e. The molecule has 0 amide bonds. The fourth-order valence-corrected chi connectivity index (χ4v) is 16.9. The lowest BCUT2D eigenvalue weighted by molar-refractivity contribution is 0.877. The van der Waals surface area contributed by atoms with Gasteiger partial charge in [0, 0.05) is 22.0 Å². The maximum Gasteiger partial charge on any atom is 0.242 e. The molecule has 0 atom stereocenters. The van der Waals surface area contributed by atoms with E-state index in [4.69, 9.17) is 24.9 Å². The van der Waals surface area contributed by atoms with E-state index < -0.39 is 8.07 Å². The molecule has 0 radical (unpaired) electrons. The highest BCUT2D eigenvalue weighted by atomic mass is 28.3. The number of hydrogen-bond acceptors (Lipinski definition) is 5. The first-order chi connectivity index (χ1) is 37.7. The van der Waals surface area contributed by atoms with Gasteiger partial charge >= 0.3 is 0 Å². The van der Waals surface area contributed by atoms with E-state index in [2.05, 4.69) is 265 Å². The summed E-state index contributed by atoms with van der Waals surface area (Å²) in [6.45, 7) is 0. The van der Waals surface area contributed by atoms with Crippen LogP contribution in [0.1, 0.15) is 0 Å². The van der Waals surface area contributed by atoms with E-state index in [0.717, 1.165) is 66.4 Å². The molecule has 0 aliphatic carbocycles. The zero-order valence-electron chi connectivity index (χ0n) is 40.7. The van der Waals surface area contributed by atoms with Crippen LogP contribution < -0.4 is 20.7 Å². The smallest absolute Gasteiger partial charge is 0.242 e. The van der Waals surface area contributed by atoms with Gasteiger partial charge in [-0.2, -0.15) is 15.0 Å². The molecule has 0 fully saturated rings. The summed E-state index contributed by atoms with van der Waals surface area (Å²) in [5.41, 5.74) is 11.6. The number of aromatic nitrogens is 10. The molecule has 6 heterocycles. The molecule has 16 rings (SSSR count). The molecule has 6 aromatic heterocycles. The fourth-order valence-electron chi connectivity index (χ4n) is 12.1. The first-order valence-electron chi connectivity index (χ1n) is 25.5. The first kappa shape index (κ1) is 42.3. The average Bonchev–Trinajstić information content (AvgIpc) is 4.41. The Bertz CT molecular complexity index is 4800. The van der Waals surface area contributed by atoms with Crippen LogP contribution in [0.2, 0.25) is 0 Å². The van der Waals surface area contributed by atoms with Crippen LogP contribution in [-0.2, 0) is 0 Å². The van der Waals surface area contributed by atoms with Crippen molar-refractivity contribution in [1.29, 1.82) is 0 Å². The van der Waals surface area contributed by atoms with Crippen LogP contribution >= 0.6 is 0 Å². The van der Waals surface area contributed by atoms with E-state index in [1.807, 2.05) is 12.1 Å². The molecule has 0 bridgehead atoms. The maximum absolute atomic E-state index is 5.55. The Labute approximate surface area is 435 Å². The number of imidazole rings is 4. The Morgan fingerprint density at radius 2 is 0.724 bits per heavy atom. The van der Waals surface area contributed by atoms with E-state index in [0.29, 0.717) is 29.3 Å². The van der Waals surface area contributed by atoms with Crippen LogP contribution in [0.25, 0.3) is 106 Å². The second kappa shape index (κ2) is 16.4. The minimum atomic E-state index is -2.95. The number of nitrogens with zero attached hydrogens (tertiary/aromatic N) is 10. The molecule has 16 aromatic rings. The molecule has 356 valence electrons. The molecule has 0 saturated heterocycles. The van der Waals surface area contributed by atoms with E-state index in [1.165, 1.54) is 31.5 Å². The predicted octanol–water partition coefficient (Wildman–Crippen LogP) is 11.5. The summed E-state index contributed by atoms with van der Waals surface area (Å²) >= 11 is 0. The summed E-state index contributed by atoms with van der Waals surface area (Å²) in [5, 5.41) is 7.52. The number of benzene rings is 10. The Kier molecular flexibility index (Phi) is 9.12. The fraction of sp³-hybridized carbons (Fsp3) is 0. The summed E-state index contributed by atoms with van der Waals surface area (Å²) in [7, 11) is -2.95. The van der Waals surface area contributed by atoms with Gasteiger partial charge in [0.1, 0.15) is 0 Å². The van der Waals surface area contributed by atoms with Gasteiger partial charge in [0.2, 0.25) is 23.5 Å². The lowest BCUT2D eigenvalue weighted by Gasteiger charge is -2.34. The third-order valence-electron chi connectivity index (χ3n) is 15.3. The Balaban J connectivity index is 1.00. The monoisotopic (exact) mass is 990 g/mol. The van der Waals surface area contributed by atoms with E-state index in [9.17, 15) is 0 Å². The van der Waals surface area contributed by atoms with Crippen LogP contribution in [0, 0.1) is 0 Å². The summed E-state index contributed by atoms with van der Waals surface area (Å²) in [6, 6.07) is 90.8. The second-order valence-electron chi connectivity index (χ2n) is 19.4. The average molecular weight is 991 g/mol. The number of hydrogen-bond donors (Lipinski definition) is 0. The van der Waals surface area contributed by atoms with Gasteiger partial charge in [-0.05, 0) is 93.5 Å². The van der Waals surface area contributed by atoms with Gasteiger partial charge in [0.25, 0.3) is 0 Å². The number of rotatable bonds is 8. The lowest BCUT2D eigenvalue weighted by Crippen LogP contribution is -2.74. The third kappa shape index (κ3) is 6.05. The quantitative estimate of drug-likeness (QED) is 0.112. The van der Waals surface area contributed by atoms with E-state index in [1.54, 1.807) is 0 Å². The Morgan fingerprint density at radius 1 is 0.276 bits per heavy atom. The second-order valence-corrected chi connectivity index (χ2v) is 23.2. The molecule has 0 aliphatic heterocycles. The van der Waals surface area contributed by atoms with Crippen LogP contribution in [0.15, 0.2) is 255 Å². The van der Waals surface area contributed by atoms with Crippen molar-refractivity contribution in [3.63, 3.8) is 0 Å². The van der Waals surface area contributed by atoms with Crippen LogP contribution in [0.4, 0.5) is 0 Å². The van der Waals surface area contributed by atoms with Crippen LogP contribution in [-0.4, -0.2) is 55.5 Å². The molecule has 0 aliphatic rings. The van der Waals surface area contributed by atoms with Crippen molar-refractivity contribution >= 4 is 106 Å². The molecular weight excluding hydrogens is 949 g/mol. The van der Waals surface area contributed by atoms with Crippen molar-refractivity contribution in [2.75, 3.05) is 0 Å². The van der Waals surface area contributed by atoms with Crippen molar-refractivity contribution in [2.45, 2.75) is 0 Å². The van der Waals surface area contributed by atoms with Crippen molar-refractivity contribution in [3.05, 3.63) is 255 Å². The highest BCUT2D eigenvalue weighted by Gasteiger charge is 2.42. The SMILES string of the molecule is c1ccc([Si](c2ccccc2)(c2ccccc2)c2ccc3c(c2)n2c4ccccc4nc2n3-c2nc(-c3cccc(-n4c5ccccc5c5ccccc54)c3)nc(-n3c4ccccc4n4c5ccccc5nc34)n2)cc1. The Morgan fingerprint density at radius 3 is 1.28 bits per heavy atom. The van der Waals surface area contributed by atoms with Crippen molar-refractivity contribution in [2.24, 2.45) is 0 Å². The number of fused-ring (bicyclic) bond motifs is 13. The van der Waals surface area contributed by atoms with E-state index in [-0.39, 0.29) is 0 Å². The summed E-state index contributed by atoms with van der Waals surface area (Å²) in [5.74, 6) is 2.75. The topological polar surface area (TPSA) is 88.1 Å². The summed E-state index contributed by atoms with van der Waals surface area (Å²) in [6.07, 6.45) is 0. The highest BCUT2D eigenvalue weighted by Crippen LogP contribution is 2.35. The lowest BCUT2D eigenvalue weighted by atomic mass is 10.2. The highest BCUT2D eigenvalue weighted by molar-refractivity contribution is 7.20. The van der Waals surface area contributed by atoms with Gasteiger partial charge in [-0.3, -0.25) is 8.80 Å². The van der Waals surface area contributed by atoms with Crippen molar-refractivity contribution < 1.29 is 0 Å². The van der Waals surface area contributed by atoms with Crippen LogP contribution in [0.3, 0.4) is 0 Å². The zero-order chi connectivity index (χ0) is 49.9. The molecule has 10 aromatic carbocycles. The van der Waals surface area contributed by atoms with Gasteiger partial charge in [-0.25, -0.2) is 19.1 Å². The normalized spacial score (nSPS) is 12.2. The minimum absolute atomic E-state index is 0.426. The third-order valence-corrected chi connectivity index (χ3v) is 20.1. The molecule has 11 heteroatoms. The zero-order valence-corrected chi connectivity index (χ0v) is 41.7. The van der Waals surface area contributed by atoms with Gasteiger partial charge in [-0.1, -0.05) is 182 Å². The first-order valence-corrected chi connectivity index (χ1v) is 27.5. The molecular formula is C65H42N10Si.